The van der Waals surface area contributed by atoms with Crippen molar-refractivity contribution in [3.8, 4) is 0 Å². The van der Waals surface area contributed by atoms with E-state index in [1.165, 1.54) is 13.1 Å². The van der Waals surface area contributed by atoms with Gasteiger partial charge in [0.2, 0.25) is 0 Å². The van der Waals surface area contributed by atoms with E-state index >= 15 is 0 Å². The number of hydroxylamine groups is 1. The molecule has 13 heavy (non-hydrogen) atoms. The first-order valence-corrected chi connectivity index (χ1v) is 4.65. The van der Waals surface area contributed by atoms with Gasteiger partial charge < -0.3 is 9.62 Å². The summed E-state index contributed by atoms with van der Waals surface area (Å²) in [6.07, 6.45) is 2.05. The van der Waals surface area contributed by atoms with Crippen LogP contribution in [0.1, 0.15) is 5.56 Å². The minimum absolute atomic E-state index is 0.0139. The average Bonchev–Trinajstić information content (AvgIpc) is 2.31. The van der Waals surface area contributed by atoms with E-state index in [1.54, 1.807) is 0 Å². The summed E-state index contributed by atoms with van der Waals surface area (Å²) in [4.78, 5) is 0. The molecule has 0 bridgehead atoms. The fourth-order valence-corrected chi connectivity index (χ4v) is 1.40. The predicted molar refractivity (Wildman–Crippen MR) is 43.2 cm³/mol. The van der Waals surface area contributed by atoms with Gasteiger partial charge in [-0.25, -0.2) is 4.74 Å². The minimum Gasteiger partial charge on any atom is -0.624 e. The summed E-state index contributed by atoms with van der Waals surface area (Å²) < 4.78 is 34.7. The van der Waals surface area contributed by atoms with Crippen molar-refractivity contribution >= 4 is 16.3 Å². The smallest absolute Gasteiger partial charge is 0.329 e. The van der Waals surface area contributed by atoms with E-state index in [0.29, 0.717) is 4.74 Å². The number of hydrogen-bond donors (Lipinski definition) is 1. The monoisotopic (exact) mass is 205 g/mol. The van der Waals surface area contributed by atoms with Gasteiger partial charge in [-0.1, -0.05) is 0 Å². The predicted octanol–water partition coefficient (Wildman–Crippen LogP) is 0.0853. The second kappa shape index (κ2) is 3.19. The molecule has 1 heterocycles. The Morgan fingerprint density at radius 3 is 2.77 bits per heavy atom. The van der Waals surface area contributed by atoms with Gasteiger partial charge in [0.25, 0.3) is 5.09 Å². The largest absolute Gasteiger partial charge is 0.624 e. The molecule has 1 N–H and O–H groups in total. The van der Waals surface area contributed by atoms with E-state index in [2.05, 4.69) is 4.42 Å². The zero-order valence-electron chi connectivity index (χ0n) is 6.67. The Labute approximate surface area is 74.4 Å². The Bertz CT molecular complexity index is 426. The molecule has 0 unspecified atom stereocenters. The summed E-state index contributed by atoms with van der Waals surface area (Å²) in [6, 6.07) is 1.26. The lowest BCUT2D eigenvalue weighted by molar-refractivity contribution is -0.416. The van der Waals surface area contributed by atoms with Crippen molar-refractivity contribution in [2.24, 2.45) is 0 Å². The maximum atomic E-state index is 10.6. The number of rotatable bonds is 2. The fraction of sp³-hybridized carbons (Fsp3) is 0.167. The van der Waals surface area contributed by atoms with Gasteiger partial charge in [-0.15, -0.1) is 0 Å². The van der Waals surface area contributed by atoms with E-state index in [1.807, 2.05) is 0 Å². The molecular formula is C6H7NO5S. The van der Waals surface area contributed by atoms with Gasteiger partial charge in [-0.3, -0.25) is 4.55 Å². The maximum Gasteiger partial charge on any atom is 0.329 e. The molecule has 72 valence electrons. The van der Waals surface area contributed by atoms with Gasteiger partial charge in [0.15, 0.2) is 6.21 Å². The lowest BCUT2D eigenvalue weighted by atomic mass is 10.4. The summed E-state index contributed by atoms with van der Waals surface area (Å²) in [5.74, 6) is 0. The third-order valence-corrected chi connectivity index (χ3v) is 2.01. The van der Waals surface area contributed by atoms with Crippen molar-refractivity contribution in [3.05, 3.63) is 23.1 Å². The lowest BCUT2D eigenvalue weighted by Crippen LogP contribution is -2.03. The van der Waals surface area contributed by atoms with Gasteiger partial charge in [0, 0.05) is 0 Å². The van der Waals surface area contributed by atoms with E-state index in [0.717, 1.165) is 12.5 Å². The zero-order valence-corrected chi connectivity index (χ0v) is 7.48. The minimum atomic E-state index is -4.40. The lowest BCUT2D eigenvalue weighted by Gasteiger charge is -1.94. The average molecular weight is 205 g/mol. The molecule has 0 amide bonds. The van der Waals surface area contributed by atoms with Gasteiger partial charge in [0.1, 0.15) is 7.05 Å². The van der Waals surface area contributed by atoms with Crippen LogP contribution in [0.3, 0.4) is 0 Å². The molecule has 1 rings (SSSR count). The summed E-state index contributed by atoms with van der Waals surface area (Å²) in [5, 5.41) is 9.90. The van der Waals surface area contributed by atoms with Crippen LogP contribution in [0.2, 0.25) is 0 Å². The van der Waals surface area contributed by atoms with Gasteiger partial charge >= 0.3 is 10.1 Å². The molecule has 0 saturated carbocycles. The summed E-state index contributed by atoms with van der Waals surface area (Å²) in [6.45, 7) is 0. The van der Waals surface area contributed by atoms with Crippen molar-refractivity contribution in [3.63, 3.8) is 0 Å². The van der Waals surface area contributed by atoms with Gasteiger partial charge in [-0.2, -0.15) is 8.42 Å². The first-order valence-electron chi connectivity index (χ1n) is 3.21. The van der Waals surface area contributed by atoms with Crippen LogP contribution in [0.25, 0.3) is 0 Å². The van der Waals surface area contributed by atoms with Crippen molar-refractivity contribution in [2.75, 3.05) is 7.05 Å². The highest BCUT2D eigenvalue weighted by atomic mass is 32.2. The second-order valence-electron chi connectivity index (χ2n) is 2.31. The summed E-state index contributed by atoms with van der Waals surface area (Å²) in [7, 11) is -3.22. The summed E-state index contributed by atoms with van der Waals surface area (Å²) in [5.41, 5.74) is 0.0139. The first kappa shape index (κ1) is 9.75. The Balaban J connectivity index is 3.27. The highest BCUT2D eigenvalue weighted by Crippen LogP contribution is 2.14. The SMILES string of the molecule is C[N+]([O-])=Cc1ccoc1S(=O)(=O)O. The third-order valence-electron chi connectivity index (χ3n) is 1.21. The van der Waals surface area contributed by atoms with E-state index in [9.17, 15) is 13.6 Å². The Morgan fingerprint density at radius 2 is 2.31 bits per heavy atom. The molecule has 0 aliphatic rings. The highest BCUT2D eigenvalue weighted by molar-refractivity contribution is 7.85. The molecule has 1 aromatic rings. The van der Waals surface area contributed by atoms with E-state index in [-0.39, 0.29) is 5.56 Å². The van der Waals surface area contributed by atoms with E-state index in [4.69, 9.17) is 4.55 Å². The molecule has 0 aliphatic carbocycles. The molecule has 0 aliphatic heterocycles. The third kappa shape index (κ3) is 2.30. The topological polar surface area (TPSA) is 93.6 Å². The van der Waals surface area contributed by atoms with Crippen LogP contribution < -0.4 is 0 Å². The second-order valence-corrected chi connectivity index (χ2v) is 3.63. The standard InChI is InChI=1S/C6H7NO5S/c1-7(8)4-5-2-3-12-6(5)13(9,10)11/h2-4H,1H3,(H,9,10,11). The van der Waals surface area contributed by atoms with Gasteiger partial charge in [-0.05, 0) is 6.07 Å². The van der Waals surface area contributed by atoms with Crippen LogP contribution in [0, 0.1) is 5.21 Å². The van der Waals surface area contributed by atoms with Crippen molar-refractivity contribution in [2.45, 2.75) is 5.09 Å². The van der Waals surface area contributed by atoms with Crippen LogP contribution in [0.4, 0.5) is 0 Å². The van der Waals surface area contributed by atoms with Crippen molar-refractivity contribution in [1.82, 2.24) is 0 Å². The molecule has 0 radical (unpaired) electrons. The molecule has 6 nitrogen and oxygen atoms in total. The number of hydrogen-bond acceptors (Lipinski definition) is 4. The normalized spacial score (nSPS) is 13.2. The van der Waals surface area contributed by atoms with Crippen LogP contribution >= 0.6 is 0 Å². The molecule has 0 fully saturated rings. The quantitative estimate of drug-likeness (QED) is 0.243. The van der Waals surface area contributed by atoms with Crippen LogP contribution in [0.5, 0.6) is 0 Å². The fourth-order valence-electron chi connectivity index (χ4n) is 0.807. The molecule has 0 aromatic carbocycles. The van der Waals surface area contributed by atoms with Crippen molar-refractivity contribution < 1.29 is 22.1 Å². The Kier molecular flexibility index (Phi) is 2.39. The maximum absolute atomic E-state index is 10.6. The van der Waals surface area contributed by atoms with Crippen LogP contribution in [-0.4, -0.2) is 31.0 Å². The zero-order chi connectivity index (χ0) is 10.1. The highest BCUT2D eigenvalue weighted by Gasteiger charge is 2.19. The van der Waals surface area contributed by atoms with Gasteiger partial charge in [0.05, 0.1) is 11.8 Å². The van der Waals surface area contributed by atoms with E-state index < -0.39 is 15.2 Å². The molecule has 0 saturated heterocycles. The number of furan rings is 1. The molecule has 7 heteroatoms. The molecular weight excluding hydrogens is 198 g/mol. The van der Waals surface area contributed by atoms with Crippen molar-refractivity contribution in [1.29, 1.82) is 0 Å². The molecule has 1 aromatic heterocycles. The Hall–Kier alpha value is -1.34. The Morgan fingerprint density at radius 1 is 1.69 bits per heavy atom. The summed E-state index contributed by atoms with van der Waals surface area (Å²) >= 11 is 0. The van der Waals surface area contributed by atoms with Crippen LogP contribution in [0.15, 0.2) is 21.8 Å². The first-order chi connectivity index (χ1) is 5.91. The number of nitrogens with zero attached hydrogens (tertiary/aromatic N) is 1. The molecule has 0 spiro atoms. The van der Waals surface area contributed by atoms with Crippen LogP contribution in [-0.2, 0) is 10.1 Å². The molecule has 0 atom stereocenters.